The Labute approximate surface area is 183 Å². The van der Waals surface area contributed by atoms with Crippen LogP contribution in [0, 0.1) is 10.1 Å². The number of amides is 1. The molecule has 31 heavy (non-hydrogen) atoms. The second-order valence-electron chi connectivity index (χ2n) is 6.85. The van der Waals surface area contributed by atoms with E-state index in [0.29, 0.717) is 43.6 Å². The van der Waals surface area contributed by atoms with Gasteiger partial charge in [0.15, 0.2) is 5.82 Å². The Bertz CT molecular complexity index is 1090. The summed E-state index contributed by atoms with van der Waals surface area (Å²) in [5.74, 6) is 1.50. The standard InChI is InChI=1S/C21H18ClN5O4/c22-17-7-6-15(14-18(17)27(29)30)21(28)26-12-10-25(11-13-26)19-8-9-20(24-23-19)31-16-4-2-1-3-5-16/h1-9,14H,10-13H2. The number of anilines is 1. The predicted molar refractivity (Wildman–Crippen MR) is 115 cm³/mol. The highest BCUT2D eigenvalue weighted by Crippen LogP contribution is 2.26. The summed E-state index contributed by atoms with van der Waals surface area (Å²) in [6.07, 6.45) is 0. The zero-order valence-electron chi connectivity index (χ0n) is 16.3. The fourth-order valence-corrected chi connectivity index (χ4v) is 3.44. The van der Waals surface area contributed by atoms with Crippen LogP contribution in [0.1, 0.15) is 10.4 Å². The second-order valence-corrected chi connectivity index (χ2v) is 7.25. The van der Waals surface area contributed by atoms with E-state index < -0.39 is 4.92 Å². The van der Waals surface area contributed by atoms with Crippen molar-refractivity contribution >= 4 is 29.0 Å². The highest BCUT2D eigenvalue weighted by atomic mass is 35.5. The molecule has 0 N–H and O–H groups in total. The van der Waals surface area contributed by atoms with Crippen LogP contribution in [0.15, 0.2) is 60.7 Å². The molecule has 0 bridgehead atoms. The Balaban J connectivity index is 1.37. The number of rotatable bonds is 5. The molecule has 10 heteroatoms. The normalized spacial score (nSPS) is 13.7. The third kappa shape index (κ3) is 4.72. The van der Waals surface area contributed by atoms with Gasteiger partial charge in [-0.3, -0.25) is 14.9 Å². The summed E-state index contributed by atoms with van der Waals surface area (Å²) in [6.45, 7) is 2.04. The van der Waals surface area contributed by atoms with Gasteiger partial charge in [0.1, 0.15) is 10.8 Å². The van der Waals surface area contributed by atoms with E-state index in [1.807, 2.05) is 41.3 Å². The third-order valence-corrected chi connectivity index (χ3v) is 5.19. The van der Waals surface area contributed by atoms with E-state index in [-0.39, 0.29) is 22.2 Å². The van der Waals surface area contributed by atoms with Crippen molar-refractivity contribution in [3.05, 3.63) is 81.4 Å². The van der Waals surface area contributed by atoms with Crippen LogP contribution in [-0.2, 0) is 0 Å². The minimum absolute atomic E-state index is 0.00429. The number of para-hydroxylation sites is 1. The molecule has 1 fully saturated rings. The van der Waals surface area contributed by atoms with Gasteiger partial charge in [-0.05, 0) is 30.3 Å². The van der Waals surface area contributed by atoms with Crippen LogP contribution in [0.4, 0.5) is 11.5 Å². The van der Waals surface area contributed by atoms with Crippen molar-refractivity contribution in [1.29, 1.82) is 0 Å². The Hall–Kier alpha value is -3.72. The molecule has 1 saturated heterocycles. The molecule has 0 radical (unpaired) electrons. The third-order valence-electron chi connectivity index (χ3n) is 4.87. The summed E-state index contributed by atoms with van der Waals surface area (Å²) in [5, 5.41) is 19.4. The first-order valence-electron chi connectivity index (χ1n) is 9.56. The number of hydrogen-bond donors (Lipinski definition) is 0. The summed E-state index contributed by atoms with van der Waals surface area (Å²) >= 11 is 5.83. The number of hydrogen-bond acceptors (Lipinski definition) is 7. The lowest BCUT2D eigenvalue weighted by atomic mass is 10.1. The lowest BCUT2D eigenvalue weighted by Gasteiger charge is -2.35. The van der Waals surface area contributed by atoms with Gasteiger partial charge in [0, 0.05) is 43.9 Å². The van der Waals surface area contributed by atoms with Crippen LogP contribution in [0.3, 0.4) is 0 Å². The van der Waals surface area contributed by atoms with E-state index in [4.69, 9.17) is 16.3 Å². The summed E-state index contributed by atoms with van der Waals surface area (Å²) < 4.78 is 5.65. The van der Waals surface area contributed by atoms with Gasteiger partial charge in [0.2, 0.25) is 5.88 Å². The number of halogens is 1. The lowest BCUT2D eigenvalue weighted by Crippen LogP contribution is -2.49. The Morgan fingerprint density at radius 1 is 1.00 bits per heavy atom. The van der Waals surface area contributed by atoms with Gasteiger partial charge >= 0.3 is 0 Å². The zero-order chi connectivity index (χ0) is 21.8. The van der Waals surface area contributed by atoms with Gasteiger partial charge < -0.3 is 14.5 Å². The lowest BCUT2D eigenvalue weighted by molar-refractivity contribution is -0.384. The smallest absolute Gasteiger partial charge is 0.288 e. The number of nitro groups is 1. The van der Waals surface area contributed by atoms with E-state index >= 15 is 0 Å². The van der Waals surface area contributed by atoms with Crippen LogP contribution in [-0.4, -0.2) is 52.1 Å². The summed E-state index contributed by atoms with van der Waals surface area (Å²) in [5.41, 5.74) is -0.0361. The fraction of sp³-hybridized carbons (Fsp3) is 0.190. The van der Waals surface area contributed by atoms with Crippen molar-refractivity contribution in [3.8, 4) is 11.6 Å². The van der Waals surface area contributed by atoms with Crippen molar-refractivity contribution in [2.75, 3.05) is 31.1 Å². The van der Waals surface area contributed by atoms with Crippen molar-refractivity contribution in [3.63, 3.8) is 0 Å². The minimum Gasteiger partial charge on any atom is -0.438 e. The largest absolute Gasteiger partial charge is 0.438 e. The second kappa shape index (κ2) is 8.97. The predicted octanol–water partition coefficient (Wildman–Crippen LogP) is 3.79. The van der Waals surface area contributed by atoms with Gasteiger partial charge in [-0.25, -0.2) is 0 Å². The average molecular weight is 440 g/mol. The summed E-state index contributed by atoms with van der Waals surface area (Å²) in [6, 6.07) is 17.0. The van der Waals surface area contributed by atoms with E-state index in [1.165, 1.54) is 18.2 Å². The molecule has 4 rings (SSSR count). The maximum absolute atomic E-state index is 12.7. The number of benzene rings is 2. The number of carbonyl (C=O) groups is 1. The van der Waals surface area contributed by atoms with Gasteiger partial charge in [-0.15, -0.1) is 10.2 Å². The molecule has 0 unspecified atom stereocenters. The highest BCUT2D eigenvalue weighted by molar-refractivity contribution is 6.32. The van der Waals surface area contributed by atoms with Gasteiger partial charge in [-0.2, -0.15) is 0 Å². The molecular weight excluding hydrogens is 422 g/mol. The van der Waals surface area contributed by atoms with E-state index in [1.54, 1.807) is 11.0 Å². The number of aromatic nitrogens is 2. The van der Waals surface area contributed by atoms with E-state index in [2.05, 4.69) is 10.2 Å². The maximum Gasteiger partial charge on any atom is 0.288 e. The molecule has 1 amide bonds. The Morgan fingerprint density at radius 2 is 1.74 bits per heavy atom. The molecule has 1 aliphatic rings. The van der Waals surface area contributed by atoms with Crippen LogP contribution in [0.25, 0.3) is 0 Å². The van der Waals surface area contributed by atoms with Gasteiger partial charge in [0.25, 0.3) is 11.6 Å². The van der Waals surface area contributed by atoms with Crippen LogP contribution >= 0.6 is 11.6 Å². The molecule has 0 spiro atoms. The van der Waals surface area contributed by atoms with Gasteiger partial charge in [-0.1, -0.05) is 29.8 Å². The molecule has 158 valence electrons. The topological polar surface area (TPSA) is 102 Å². The molecular formula is C21H18ClN5O4. The van der Waals surface area contributed by atoms with Crippen molar-refractivity contribution in [2.45, 2.75) is 0 Å². The summed E-state index contributed by atoms with van der Waals surface area (Å²) in [7, 11) is 0. The minimum atomic E-state index is -0.596. The van der Waals surface area contributed by atoms with Crippen LogP contribution < -0.4 is 9.64 Å². The molecule has 0 saturated carbocycles. The molecule has 0 aliphatic carbocycles. The molecule has 2 aromatic carbocycles. The van der Waals surface area contributed by atoms with Crippen molar-refractivity contribution in [1.82, 2.24) is 15.1 Å². The maximum atomic E-state index is 12.7. The zero-order valence-corrected chi connectivity index (χ0v) is 17.1. The molecule has 1 aromatic heterocycles. The quantitative estimate of drug-likeness (QED) is 0.440. The van der Waals surface area contributed by atoms with Gasteiger partial charge in [0.05, 0.1) is 4.92 Å². The molecule has 3 aromatic rings. The molecule has 2 heterocycles. The number of piperazine rings is 1. The summed E-state index contributed by atoms with van der Waals surface area (Å²) in [4.78, 5) is 26.9. The Morgan fingerprint density at radius 3 is 2.39 bits per heavy atom. The number of carbonyl (C=O) groups excluding carboxylic acids is 1. The molecule has 9 nitrogen and oxygen atoms in total. The highest BCUT2D eigenvalue weighted by Gasteiger charge is 2.25. The number of nitro benzene ring substituents is 1. The van der Waals surface area contributed by atoms with Crippen molar-refractivity contribution < 1.29 is 14.5 Å². The monoisotopic (exact) mass is 439 g/mol. The SMILES string of the molecule is O=C(c1ccc(Cl)c([N+](=O)[O-])c1)N1CCN(c2ccc(Oc3ccccc3)nn2)CC1. The number of nitrogens with zero attached hydrogens (tertiary/aromatic N) is 5. The fourth-order valence-electron chi connectivity index (χ4n) is 3.25. The Kier molecular flexibility index (Phi) is 5.94. The van der Waals surface area contributed by atoms with Crippen LogP contribution in [0.2, 0.25) is 5.02 Å². The molecule has 1 aliphatic heterocycles. The van der Waals surface area contributed by atoms with E-state index in [9.17, 15) is 14.9 Å². The average Bonchev–Trinajstić information content (AvgIpc) is 2.80. The van der Waals surface area contributed by atoms with Crippen molar-refractivity contribution in [2.24, 2.45) is 0 Å². The first-order valence-corrected chi connectivity index (χ1v) is 9.94. The molecule has 0 atom stereocenters. The number of ether oxygens (including phenoxy) is 1. The first kappa shape index (κ1) is 20.5. The first-order chi connectivity index (χ1) is 15.0. The van der Waals surface area contributed by atoms with Crippen LogP contribution in [0.5, 0.6) is 11.6 Å². The van der Waals surface area contributed by atoms with E-state index in [0.717, 1.165) is 0 Å².